The number of nitrogens with one attached hydrogen (secondary N) is 1. The van der Waals surface area contributed by atoms with E-state index >= 15 is 0 Å². The number of fused-ring (bicyclic) bond motifs is 1. The molecule has 1 N–H and O–H groups in total. The standard InChI is InChI=1S/C12H16F3N5O.ClH/c13-12(14,15)11-18-17-9-7-19(4-5-20(9)11)10(21)8-2-1-3-16-6-8;/h8,16H,1-7H2;1H/t8-;/m1./s1. The Bertz CT molecular complexity index is 541. The first-order valence-electron chi connectivity index (χ1n) is 6.95. The second-order valence-electron chi connectivity index (χ2n) is 5.39. The van der Waals surface area contributed by atoms with Gasteiger partial charge in [-0.25, -0.2) is 0 Å². The van der Waals surface area contributed by atoms with Gasteiger partial charge in [-0.05, 0) is 19.4 Å². The highest BCUT2D eigenvalue weighted by atomic mass is 35.5. The van der Waals surface area contributed by atoms with Crippen LogP contribution in [0.4, 0.5) is 13.2 Å². The summed E-state index contributed by atoms with van der Waals surface area (Å²) in [7, 11) is 0. The molecule has 0 unspecified atom stereocenters. The molecule has 2 aliphatic rings. The average Bonchev–Trinajstić information content (AvgIpc) is 2.90. The third-order valence-electron chi connectivity index (χ3n) is 3.96. The molecule has 0 saturated carbocycles. The summed E-state index contributed by atoms with van der Waals surface area (Å²) in [6, 6.07) is 0. The Hall–Kier alpha value is -1.35. The number of carbonyl (C=O) groups is 1. The molecule has 1 saturated heterocycles. The Labute approximate surface area is 131 Å². The van der Waals surface area contributed by atoms with Crippen LogP contribution < -0.4 is 5.32 Å². The largest absolute Gasteiger partial charge is 0.451 e. The number of aromatic nitrogens is 3. The molecule has 0 radical (unpaired) electrons. The van der Waals surface area contributed by atoms with Crippen molar-refractivity contribution in [3.63, 3.8) is 0 Å². The molecule has 1 amide bonds. The van der Waals surface area contributed by atoms with Crippen LogP contribution in [0.25, 0.3) is 0 Å². The van der Waals surface area contributed by atoms with Gasteiger partial charge in [0.1, 0.15) is 0 Å². The van der Waals surface area contributed by atoms with Crippen molar-refractivity contribution in [3.05, 3.63) is 11.6 Å². The summed E-state index contributed by atoms with van der Waals surface area (Å²) in [4.78, 5) is 14.0. The number of hydrogen-bond acceptors (Lipinski definition) is 4. The predicted octanol–water partition coefficient (Wildman–Crippen LogP) is 1.06. The van der Waals surface area contributed by atoms with Crippen LogP contribution in [0.1, 0.15) is 24.5 Å². The first-order valence-corrected chi connectivity index (χ1v) is 6.95. The highest BCUT2D eigenvalue weighted by Gasteiger charge is 2.40. The summed E-state index contributed by atoms with van der Waals surface area (Å²) in [5, 5.41) is 9.97. The fraction of sp³-hybridized carbons (Fsp3) is 0.750. The molecule has 3 rings (SSSR count). The van der Waals surface area contributed by atoms with Crippen LogP contribution in [0.5, 0.6) is 0 Å². The molecule has 1 fully saturated rings. The van der Waals surface area contributed by atoms with Crippen molar-refractivity contribution in [2.24, 2.45) is 5.92 Å². The Balaban J connectivity index is 0.00000176. The van der Waals surface area contributed by atoms with Crippen molar-refractivity contribution in [2.75, 3.05) is 19.6 Å². The average molecular weight is 340 g/mol. The maximum atomic E-state index is 12.7. The lowest BCUT2D eigenvalue weighted by molar-refractivity contribution is -0.148. The normalized spacial score (nSPS) is 22.0. The molecule has 10 heteroatoms. The van der Waals surface area contributed by atoms with Gasteiger partial charge in [-0.1, -0.05) is 0 Å². The van der Waals surface area contributed by atoms with Crippen LogP contribution in [0.2, 0.25) is 0 Å². The second kappa shape index (κ2) is 6.41. The molecule has 22 heavy (non-hydrogen) atoms. The molecular formula is C12H17ClF3N5O. The molecule has 2 aliphatic heterocycles. The van der Waals surface area contributed by atoms with Crippen molar-refractivity contribution in [1.29, 1.82) is 0 Å². The number of nitrogens with zero attached hydrogens (tertiary/aromatic N) is 4. The Morgan fingerprint density at radius 2 is 2.05 bits per heavy atom. The molecule has 3 heterocycles. The third kappa shape index (κ3) is 3.19. The van der Waals surface area contributed by atoms with Gasteiger partial charge in [-0.15, -0.1) is 22.6 Å². The highest BCUT2D eigenvalue weighted by molar-refractivity contribution is 5.85. The van der Waals surface area contributed by atoms with E-state index in [0.717, 1.165) is 24.0 Å². The lowest BCUT2D eigenvalue weighted by Gasteiger charge is -2.32. The quantitative estimate of drug-likeness (QED) is 0.831. The van der Waals surface area contributed by atoms with Gasteiger partial charge in [0.25, 0.3) is 0 Å². The van der Waals surface area contributed by atoms with Crippen LogP contribution in [0, 0.1) is 5.92 Å². The van der Waals surface area contributed by atoms with E-state index in [4.69, 9.17) is 0 Å². The summed E-state index contributed by atoms with van der Waals surface area (Å²) in [6.07, 6.45) is -2.74. The van der Waals surface area contributed by atoms with Crippen LogP contribution in [-0.4, -0.2) is 45.2 Å². The molecule has 0 bridgehead atoms. The molecule has 0 aliphatic carbocycles. The maximum Gasteiger partial charge on any atom is 0.451 e. The van der Waals surface area contributed by atoms with Crippen molar-refractivity contribution in [3.8, 4) is 0 Å². The lowest BCUT2D eigenvalue weighted by Crippen LogP contribution is -2.46. The molecule has 1 aromatic rings. The van der Waals surface area contributed by atoms with Crippen molar-refractivity contribution in [1.82, 2.24) is 25.0 Å². The van der Waals surface area contributed by atoms with E-state index in [1.807, 2.05) is 0 Å². The van der Waals surface area contributed by atoms with Crippen LogP contribution in [0.3, 0.4) is 0 Å². The van der Waals surface area contributed by atoms with Gasteiger partial charge in [0.2, 0.25) is 11.7 Å². The summed E-state index contributed by atoms with van der Waals surface area (Å²) < 4.78 is 39.3. The van der Waals surface area contributed by atoms with Gasteiger partial charge < -0.3 is 14.8 Å². The Morgan fingerprint density at radius 1 is 1.27 bits per heavy atom. The number of amides is 1. The highest BCUT2D eigenvalue weighted by Crippen LogP contribution is 2.29. The monoisotopic (exact) mass is 339 g/mol. The van der Waals surface area contributed by atoms with Crippen LogP contribution >= 0.6 is 12.4 Å². The number of carbonyl (C=O) groups excluding carboxylic acids is 1. The molecule has 1 atom stereocenters. The van der Waals surface area contributed by atoms with Crippen LogP contribution in [0.15, 0.2) is 0 Å². The predicted molar refractivity (Wildman–Crippen MR) is 73.3 cm³/mol. The van der Waals surface area contributed by atoms with E-state index in [1.165, 1.54) is 0 Å². The number of rotatable bonds is 1. The zero-order chi connectivity index (χ0) is 15.0. The van der Waals surface area contributed by atoms with Crippen LogP contribution in [-0.2, 0) is 24.1 Å². The third-order valence-corrected chi connectivity index (χ3v) is 3.96. The summed E-state index contributed by atoms with van der Waals surface area (Å²) in [5.74, 6) is -0.880. The number of piperidine rings is 1. The molecular weight excluding hydrogens is 323 g/mol. The zero-order valence-electron chi connectivity index (χ0n) is 11.8. The van der Waals surface area contributed by atoms with Crippen molar-refractivity contribution >= 4 is 18.3 Å². The molecule has 0 spiro atoms. The maximum absolute atomic E-state index is 12.7. The van der Waals surface area contributed by atoms with Gasteiger partial charge in [0.15, 0.2) is 5.82 Å². The molecule has 124 valence electrons. The summed E-state index contributed by atoms with van der Waals surface area (Å²) >= 11 is 0. The Kier molecular flexibility index (Phi) is 4.96. The lowest BCUT2D eigenvalue weighted by atomic mass is 9.98. The van der Waals surface area contributed by atoms with Gasteiger partial charge in [-0.3, -0.25) is 4.79 Å². The fourth-order valence-electron chi connectivity index (χ4n) is 2.88. The first-order chi connectivity index (χ1) is 9.97. The minimum atomic E-state index is -4.51. The second-order valence-corrected chi connectivity index (χ2v) is 5.39. The minimum Gasteiger partial charge on any atom is -0.333 e. The van der Waals surface area contributed by atoms with E-state index in [1.54, 1.807) is 4.90 Å². The summed E-state index contributed by atoms with van der Waals surface area (Å²) in [6.45, 7) is 1.99. The minimum absolute atomic E-state index is 0. The van der Waals surface area contributed by atoms with E-state index in [0.29, 0.717) is 6.54 Å². The SMILES string of the molecule is Cl.O=C([C@@H]1CCCNC1)N1CCn2c(nnc2C(F)(F)F)C1. The number of alkyl halides is 3. The topological polar surface area (TPSA) is 63.1 Å². The molecule has 0 aromatic carbocycles. The number of halogens is 4. The van der Waals surface area contributed by atoms with E-state index in [2.05, 4.69) is 15.5 Å². The van der Waals surface area contributed by atoms with E-state index in [9.17, 15) is 18.0 Å². The van der Waals surface area contributed by atoms with Gasteiger partial charge in [0, 0.05) is 19.6 Å². The van der Waals surface area contributed by atoms with Gasteiger partial charge in [-0.2, -0.15) is 13.2 Å². The molecule has 6 nitrogen and oxygen atoms in total. The zero-order valence-corrected chi connectivity index (χ0v) is 12.6. The molecule has 1 aromatic heterocycles. The first kappa shape index (κ1) is 17.0. The fourth-order valence-corrected chi connectivity index (χ4v) is 2.88. The van der Waals surface area contributed by atoms with Crippen molar-refractivity contribution < 1.29 is 18.0 Å². The van der Waals surface area contributed by atoms with Crippen molar-refractivity contribution in [2.45, 2.75) is 32.1 Å². The Morgan fingerprint density at radius 3 is 2.68 bits per heavy atom. The van der Waals surface area contributed by atoms with E-state index in [-0.39, 0.29) is 49.7 Å². The van der Waals surface area contributed by atoms with E-state index < -0.39 is 12.0 Å². The summed E-state index contributed by atoms with van der Waals surface area (Å²) in [5.41, 5.74) is 0. The van der Waals surface area contributed by atoms with Gasteiger partial charge in [0.05, 0.1) is 12.5 Å². The smallest absolute Gasteiger partial charge is 0.333 e. The van der Waals surface area contributed by atoms with Gasteiger partial charge >= 0.3 is 6.18 Å². The number of hydrogen-bond donors (Lipinski definition) is 1.